The van der Waals surface area contributed by atoms with E-state index in [-0.39, 0.29) is 12.4 Å². The molecule has 0 amide bonds. The lowest BCUT2D eigenvalue weighted by Crippen LogP contribution is -2.29. The smallest absolute Gasteiger partial charge is 0.160 e. The van der Waals surface area contributed by atoms with Crippen molar-refractivity contribution in [2.45, 2.75) is 19.4 Å². The minimum absolute atomic E-state index is 0. The van der Waals surface area contributed by atoms with Gasteiger partial charge in [0, 0.05) is 30.5 Å². The highest BCUT2D eigenvalue weighted by Crippen LogP contribution is 2.30. The Morgan fingerprint density at radius 3 is 2.62 bits per heavy atom. The maximum Gasteiger partial charge on any atom is 0.160 e. The molecule has 2 nitrogen and oxygen atoms in total. The molecule has 112 valence electrons. The van der Waals surface area contributed by atoms with Gasteiger partial charge >= 0.3 is 0 Å². The molecule has 0 spiro atoms. The van der Waals surface area contributed by atoms with Gasteiger partial charge in [-0.05, 0) is 42.2 Å². The molecule has 0 bridgehead atoms. The van der Waals surface area contributed by atoms with Gasteiger partial charge in [-0.15, -0.1) is 12.4 Å². The first-order chi connectivity index (χ1) is 9.63. The Morgan fingerprint density at radius 1 is 1.10 bits per heavy atom. The van der Waals surface area contributed by atoms with Crippen molar-refractivity contribution < 1.29 is 8.78 Å². The lowest BCUT2D eigenvalue weighted by atomic mass is 10.0. The average molecular weight is 311 g/mol. The number of hydrogen-bond acceptors (Lipinski definition) is 2. The minimum Gasteiger partial charge on any atom is -0.399 e. The summed E-state index contributed by atoms with van der Waals surface area (Å²) in [4.78, 5) is 2.08. The Balaban J connectivity index is 0.00000161. The predicted octanol–water partition coefficient (Wildman–Crippen LogP) is 3.92. The zero-order valence-electron chi connectivity index (χ0n) is 11.5. The summed E-state index contributed by atoms with van der Waals surface area (Å²) in [5, 5.41) is 0. The second kappa shape index (κ2) is 6.31. The minimum atomic E-state index is -0.789. The topological polar surface area (TPSA) is 29.3 Å². The van der Waals surface area contributed by atoms with Crippen molar-refractivity contribution in [1.82, 2.24) is 0 Å². The molecule has 1 aliphatic rings. The number of aryl methyl sites for hydroxylation is 1. The van der Waals surface area contributed by atoms with Gasteiger partial charge in [0.1, 0.15) is 0 Å². The van der Waals surface area contributed by atoms with Crippen LogP contribution in [0, 0.1) is 11.6 Å². The molecule has 0 saturated heterocycles. The third-order valence-electron chi connectivity index (χ3n) is 3.66. The van der Waals surface area contributed by atoms with Crippen LogP contribution in [-0.4, -0.2) is 6.54 Å². The van der Waals surface area contributed by atoms with Crippen LogP contribution < -0.4 is 10.6 Å². The number of benzene rings is 2. The van der Waals surface area contributed by atoms with Crippen molar-refractivity contribution in [1.29, 1.82) is 0 Å². The Hall–Kier alpha value is -1.81. The van der Waals surface area contributed by atoms with Crippen molar-refractivity contribution in [3.05, 3.63) is 59.2 Å². The van der Waals surface area contributed by atoms with Crippen LogP contribution in [0.3, 0.4) is 0 Å². The van der Waals surface area contributed by atoms with Crippen LogP contribution in [0.2, 0.25) is 0 Å². The fourth-order valence-electron chi connectivity index (χ4n) is 2.73. The fraction of sp³-hybridized carbons (Fsp3) is 0.250. The van der Waals surface area contributed by atoms with Crippen LogP contribution in [0.15, 0.2) is 36.4 Å². The SMILES string of the molecule is Cl.Nc1cccc(CN2CCCc3cc(F)c(F)cc32)c1. The van der Waals surface area contributed by atoms with Gasteiger partial charge in [-0.1, -0.05) is 12.1 Å². The van der Waals surface area contributed by atoms with Gasteiger partial charge in [-0.2, -0.15) is 0 Å². The van der Waals surface area contributed by atoms with E-state index >= 15 is 0 Å². The molecule has 1 aliphatic heterocycles. The maximum atomic E-state index is 13.5. The number of hydrogen-bond donors (Lipinski definition) is 1. The molecule has 2 aromatic carbocycles. The van der Waals surface area contributed by atoms with Gasteiger partial charge in [-0.3, -0.25) is 0 Å². The molecular weight excluding hydrogens is 294 g/mol. The molecule has 0 fully saturated rings. The highest BCUT2D eigenvalue weighted by Gasteiger charge is 2.19. The summed E-state index contributed by atoms with van der Waals surface area (Å²) in [5.74, 6) is -1.56. The fourth-order valence-corrected chi connectivity index (χ4v) is 2.73. The van der Waals surface area contributed by atoms with E-state index in [0.29, 0.717) is 12.2 Å². The molecule has 0 unspecified atom stereocenters. The van der Waals surface area contributed by atoms with Crippen molar-refractivity contribution >= 4 is 23.8 Å². The molecule has 2 aromatic rings. The van der Waals surface area contributed by atoms with E-state index in [9.17, 15) is 8.78 Å². The molecule has 0 atom stereocenters. The van der Waals surface area contributed by atoms with E-state index in [0.717, 1.165) is 36.2 Å². The summed E-state index contributed by atoms with van der Waals surface area (Å²) in [7, 11) is 0. The third kappa shape index (κ3) is 3.27. The van der Waals surface area contributed by atoms with E-state index in [2.05, 4.69) is 4.90 Å². The highest BCUT2D eigenvalue weighted by molar-refractivity contribution is 5.85. The lowest BCUT2D eigenvalue weighted by Gasteiger charge is -2.31. The van der Waals surface area contributed by atoms with Crippen LogP contribution in [0.5, 0.6) is 0 Å². The number of anilines is 2. The van der Waals surface area contributed by atoms with Crippen molar-refractivity contribution in [3.63, 3.8) is 0 Å². The van der Waals surface area contributed by atoms with Crippen molar-refractivity contribution in [3.8, 4) is 0 Å². The van der Waals surface area contributed by atoms with Crippen LogP contribution in [0.25, 0.3) is 0 Å². The second-order valence-corrected chi connectivity index (χ2v) is 5.17. The average Bonchev–Trinajstić information content (AvgIpc) is 2.41. The predicted molar refractivity (Wildman–Crippen MR) is 83.8 cm³/mol. The van der Waals surface area contributed by atoms with E-state index in [1.54, 1.807) is 0 Å². The summed E-state index contributed by atoms with van der Waals surface area (Å²) in [6, 6.07) is 10.3. The number of nitrogens with zero attached hydrogens (tertiary/aromatic N) is 1. The summed E-state index contributed by atoms with van der Waals surface area (Å²) >= 11 is 0. The Labute approximate surface area is 129 Å². The summed E-state index contributed by atoms with van der Waals surface area (Å²) in [6.45, 7) is 1.50. The molecule has 21 heavy (non-hydrogen) atoms. The standard InChI is InChI=1S/C16H16F2N2.ClH/c17-14-8-12-4-2-6-20(16(12)9-15(14)18)10-11-3-1-5-13(19)7-11;/h1,3,5,7-9H,2,4,6,10,19H2;1H. The van der Waals surface area contributed by atoms with Gasteiger partial charge in [-0.25, -0.2) is 8.78 Å². The van der Waals surface area contributed by atoms with Gasteiger partial charge in [0.2, 0.25) is 0 Å². The van der Waals surface area contributed by atoms with Crippen molar-refractivity contribution in [2.24, 2.45) is 0 Å². The largest absolute Gasteiger partial charge is 0.399 e. The molecular formula is C16H17ClF2N2. The number of rotatable bonds is 2. The molecule has 0 saturated carbocycles. The third-order valence-corrected chi connectivity index (χ3v) is 3.66. The Morgan fingerprint density at radius 2 is 1.86 bits per heavy atom. The van der Waals surface area contributed by atoms with E-state index < -0.39 is 11.6 Å². The molecule has 2 N–H and O–H groups in total. The van der Waals surface area contributed by atoms with E-state index in [1.807, 2.05) is 24.3 Å². The molecule has 0 radical (unpaired) electrons. The number of nitrogens with two attached hydrogens (primary N) is 1. The number of fused-ring (bicyclic) bond motifs is 1. The van der Waals surface area contributed by atoms with Crippen molar-refractivity contribution in [2.75, 3.05) is 17.2 Å². The molecule has 0 aliphatic carbocycles. The normalized spacial score (nSPS) is 13.5. The van der Waals surface area contributed by atoms with Crippen LogP contribution in [-0.2, 0) is 13.0 Å². The second-order valence-electron chi connectivity index (χ2n) is 5.17. The zero-order valence-corrected chi connectivity index (χ0v) is 12.3. The van der Waals surface area contributed by atoms with E-state index in [1.165, 1.54) is 12.1 Å². The number of halogens is 3. The van der Waals surface area contributed by atoms with E-state index in [4.69, 9.17) is 5.73 Å². The van der Waals surface area contributed by atoms with Gasteiger partial charge < -0.3 is 10.6 Å². The summed E-state index contributed by atoms with van der Waals surface area (Å²) in [6.07, 6.45) is 1.74. The Kier molecular flexibility index (Phi) is 4.68. The van der Waals surface area contributed by atoms with Gasteiger partial charge in [0.25, 0.3) is 0 Å². The first-order valence-electron chi connectivity index (χ1n) is 6.71. The van der Waals surface area contributed by atoms with Gasteiger partial charge in [0.05, 0.1) is 0 Å². The highest BCUT2D eigenvalue weighted by atomic mass is 35.5. The lowest BCUT2D eigenvalue weighted by molar-refractivity contribution is 0.504. The first kappa shape index (κ1) is 15.6. The molecule has 0 aromatic heterocycles. The first-order valence-corrected chi connectivity index (χ1v) is 6.71. The van der Waals surface area contributed by atoms with Gasteiger partial charge in [0.15, 0.2) is 11.6 Å². The van der Waals surface area contributed by atoms with Crippen LogP contribution >= 0.6 is 12.4 Å². The summed E-state index contributed by atoms with van der Waals surface area (Å²) in [5.41, 5.74) is 9.22. The van der Waals surface area contributed by atoms with Crippen LogP contribution in [0.1, 0.15) is 17.5 Å². The zero-order chi connectivity index (χ0) is 14.1. The van der Waals surface area contributed by atoms with Crippen LogP contribution in [0.4, 0.5) is 20.2 Å². The Bertz CT molecular complexity index is 646. The molecule has 3 rings (SSSR count). The summed E-state index contributed by atoms with van der Waals surface area (Å²) < 4.78 is 26.8. The molecule has 1 heterocycles. The quantitative estimate of drug-likeness (QED) is 0.852. The number of nitrogen functional groups attached to an aromatic ring is 1. The maximum absolute atomic E-state index is 13.5. The monoisotopic (exact) mass is 310 g/mol. The molecule has 5 heteroatoms.